The maximum Gasteiger partial charge on any atom is 0.309 e. The summed E-state index contributed by atoms with van der Waals surface area (Å²) in [4.78, 5) is 56.0. The smallest absolute Gasteiger partial charge is 0.309 e. The lowest BCUT2D eigenvalue weighted by Gasteiger charge is -2.10. The number of ether oxygens (including phenoxy) is 4. The van der Waals surface area contributed by atoms with E-state index in [1.165, 1.54) is 6.20 Å². The van der Waals surface area contributed by atoms with Gasteiger partial charge in [0.2, 0.25) is 0 Å². The highest BCUT2D eigenvalue weighted by atomic mass is 16.6. The van der Waals surface area contributed by atoms with Crippen molar-refractivity contribution in [3.05, 3.63) is 215 Å². The number of carbonyl (C=O) groups is 5. The molecule has 1 saturated heterocycles. The zero-order valence-electron chi connectivity index (χ0n) is 55.0. The second-order valence-electron chi connectivity index (χ2n) is 21.1. The van der Waals surface area contributed by atoms with Gasteiger partial charge in [-0.25, -0.2) is 9.36 Å². The molecule has 6 atom stereocenters. The van der Waals surface area contributed by atoms with E-state index in [1.54, 1.807) is 30.1 Å². The molecule has 0 radical (unpaired) electrons. The van der Waals surface area contributed by atoms with Crippen molar-refractivity contribution in [3.63, 3.8) is 0 Å². The lowest BCUT2D eigenvalue weighted by atomic mass is 10.1. The monoisotopic (exact) mass is 1290 g/mol. The number of carboxylic acids is 2. The van der Waals surface area contributed by atoms with Crippen molar-refractivity contribution in [1.82, 2.24) is 45.4 Å². The fourth-order valence-corrected chi connectivity index (χ4v) is 7.78. The molecule has 0 bridgehead atoms. The maximum absolute atomic E-state index is 12.1. The number of nitrogens with zero attached hydrogens (tertiary/aromatic N) is 8. The molecule has 5 N–H and O–H groups in total. The van der Waals surface area contributed by atoms with Gasteiger partial charge in [0, 0.05) is 64.6 Å². The van der Waals surface area contributed by atoms with Crippen LogP contribution in [0, 0.1) is 54.3 Å². The number of benzene rings is 5. The fourth-order valence-electron chi connectivity index (χ4n) is 7.78. The topological polar surface area (TPSA) is 306 Å². The number of aliphatic carboxylic acids is 2. The second-order valence-corrected chi connectivity index (χ2v) is 21.1. The Morgan fingerprint density at radius 3 is 1.16 bits per heavy atom. The molecule has 9 rings (SSSR count). The van der Waals surface area contributed by atoms with Crippen molar-refractivity contribution in [3.8, 4) is 24.7 Å². The summed E-state index contributed by atoms with van der Waals surface area (Å²) in [5.74, 6) is 0.844. The molecule has 0 aliphatic carbocycles. The van der Waals surface area contributed by atoms with Crippen molar-refractivity contribution in [1.29, 1.82) is 0 Å². The van der Waals surface area contributed by atoms with Crippen LogP contribution in [0.4, 0.5) is 0 Å². The number of esters is 3. The molecule has 1 unspecified atom stereocenters. The number of aliphatic hydroxyl groups is 2. The van der Waals surface area contributed by atoms with Gasteiger partial charge < -0.3 is 39.4 Å². The summed E-state index contributed by atoms with van der Waals surface area (Å²) in [6, 6.07) is 49.1. The first-order valence-corrected chi connectivity index (χ1v) is 30.8. The van der Waals surface area contributed by atoms with Crippen LogP contribution in [0.2, 0.25) is 0 Å². The highest BCUT2D eigenvalue weighted by molar-refractivity contribution is 5.73. The van der Waals surface area contributed by atoms with E-state index in [0.717, 1.165) is 65.8 Å². The van der Waals surface area contributed by atoms with Crippen molar-refractivity contribution >= 4 is 29.8 Å². The first kappa shape index (κ1) is 80.0. The molecule has 22 heteroatoms. The summed E-state index contributed by atoms with van der Waals surface area (Å²) in [6.07, 6.45) is 18.8. The molecule has 1 aliphatic heterocycles. The van der Waals surface area contributed by atoms with Crippen LogP contribution in [0.1, 0.15) is 119 Å². The van der Waals surface area contributed by atoms with Crippen LogP contribution in [0.5, 0.6) is 0 Å². The van der Waals surface area contributed by atoms with Crippen molar-refractivity contribution in [2.24, 2.45) is 29.6 Å². The van der Waals surface area contributed by atoms with Gasteiger partial charge >= 0.3 is 29.8 Å². The van der Waals surface area contributed by atoms with E-state index >= 15 is 0 Å². The minimum atomic E-state index is -0.831. The molecular weight excluding hydrogens is 1200 g/mol. The summed E-state index contributed by atoms with van der Waals surface area (Å²) in [5.41, 5.74) is 7.54. The van der Waals surface area contributed by atoms with Crippen molar-refractivity contribution in [2.45, 2.75) is 133 Å². The summed E-state index contributed by atoms with van der Waals surface area (Å²) in [5, 5.41) is 58.6. The number of terminal acetylenes is 2. The summed E-state index contributed by atoms with van der Waals surface area (Å²) < 4.78 is 24.1. The van der Waals surface area contributed by atoms with Crippen molar-refractivity contribution < 1.29 is 63.3 Å². The van der Waals surface area contributed by atoms with E-state index in [9.17, 15) is 24.0 Å². The molecule has 4 heterocycles. The van der Waals surface area contributed by atoms with E-state index in [-0.39, 0.29) is 35.7 Å². The Morgan fingerprint density at radius 2 is 0.872 bits per heavy atom. The minimum absolute atomic E-state index is 0.221. The van der Waals surface area contributed by atoms with Gasteiger partial charge in [-0.1, -0.05) is 211 Å². The first-order valence-electron chi connectivity index (χ1n) is 30.8. The van der Waals surface area contributed by atoms with Crippen molar-refractivity contribution in [2.75, 3.05) is 13.7 Å². The number of hydrogen-bond donors (Lipinski definition) is 5. The molecule has 5 aromatic carbocycles. The number of aliphatic hydroxyl groups excluding tert-OH is 2. The van der Waals surface area contributed by atoms with E-state index < -0.39 is 30.1 Å². The Morgan fingerprint density at radius 1 is 0.532 bits per heavy atom. The zero-order chi connectivity index (χ0) is 69.3. The molecule has 94 heavy (non-hydrogen) atoms. The van der Waals surface area contributed by atoms with Gasteiger partial charge in [0.1, 0.15) is 19.8 Å². The number of carbonyl (C=O) groups excluding carboxylic acids is 3. The lowest BCUT2D eigenvalue weighted by molar-refractivity contribution is -0.150. The van der Waals surface area contributed by atoms with Gasteiger partial charge in [0.15, 0.2) is 6.29 Å². The van der Waals surface area contributed by atoms with Crippen LogP contribution in [-0.4, -0.2) is 116 Å². The fraction of sp³-hybridized carbons (Fsp3) is 0.375. The van der Waals surface area contributed by atoms with Gasteiger partial charge in [-0.15, -0.1) is 34.9 Å². The Balaban J connectivity index is 0.000000404. The summed E-state index contributed by atoms with van der Waals surface area (Å²) in [7, 11) is 1.00. The standard InChI is InChI=1S/2C20H21N3O2.C13H14O2.C6H9N3O2.C6H8O2.C4H8O2.C2H6.CH4O/c2*1-16(20(24)25-15-18-10-6-3-7-11-18)12-19-14-23(22-21-19)13-17-8-4-2-5-9-17;1-3-7-11(2)13(14)15-10-12-8-5-4-6-9-12;1-4(6(10)11)2-5-3-7-9-8-5;1-3-4-5(2)6(7)8;5-4-2-1-3-6-4;2*1-2/h2*2-11,14,16H,12-13,15H2,1H3;1,4-6,8-9,11H,7,10H2,2H3;3-4H,2H2,1H3,(H,10,11)(H,7,8,9);1,5H,4H2,2H3,(H,7,8);4-5H,1-3H2;1-2H3;2H,1H3/t2*16-;11-;4-;5-;;;/m00000.../s1. The Bertz CT molecular complexity index is 3230. The Hall–Kier alpha value is -10.1. The molecule has 502 valence electrons. The van der Waals surface area contributed by atoms with Crippen LogP contribution in [0.3, 0.4) is 0 Å². The number of nitrogens with one attached hydrogen (secondary N) is 1. The Labute approximate surface area is 552 Å². The molecule has 3 aromatic heterocycles. The quantitative estimate of drug-likeness (QED) is 0.0226. The molecule has 0 saturated carbocycles. The van der Waals surface area contributed by atoms with Crippen LogP contribution in [-0.2, 0) is 95.1 Å². The third-order valence-corrected chi connectivity index (χ3v) is 13.0. The normalized spacial score (nSPS) is 13.0. The minimum Gasteiger partial charge on any atom is -0.481 e. The number of rotatable bonds is 23. The summed E-state index contributed by atoms with van der Waals surface area (Å²) in [6.45, 7) is 15.7. The van der Waals surface area contributed by atoms with Crippen LogP contribution >= 0.6 is 0 Å². The zero-order valence-corrected chi connectivity index (χ0v) is 55.0. The highest BCUT2D eigenvalue weighted by Gasteiger charge is 2.20. The number of aromatic amines is 1. The molecule has 1 aliphatic rings. The number of hydrogen-bond acceptors (Lipinski definition) is 17. The second kappa shape index (κ2) is 48.6. The maximum atomic E-state index is 12.1. The molecule has 1 fully saturated rings. The van der Waals surface area contributed by atoms with Crippen LogP contribution in [0.25, 0.3) is 0 Å². The highest BCUT2D eigenvalue weighted by Crippen LogP contribution is 2.14. The lowest BCUT2D eigenvalue weighted by Crippen LogP contribution is -2.17. The average Bonchev–Trinajstić information content (AvgIpc) is 3.72. The molecule has 0 spiro atoms. The van der Waals surface area contributed by atoms with E-state index in [1.807, 2.05) is 192 Å². The third-order valence-electron chi connectivity index (χ3n) is 13.0. The predicted octanol–water partition coefficient (Wildman–Crippen LogP) is 10.4. The first-order chi connectivity index (χ1) is 45.4. The van der Waals surface area contributed by atoms with Gasteiger partial charge in [-0.3, -0.25) is 24.0 Å². The average molecular weight is 1290 g/mol. The number of carboxylic acid groups (broad SMARTS) is 2. The predicted molar refractivity (Wildman–Crippen MR) is 356 cm³/mol. The summed E-state index contributed by atoms with van der Waals surface area (Å²) >= 11 is 0. The van der Waals surface area contributed by atoms with E-state index in [4.69, 9.17) is 52.2 Å². The molecule has 22 nitrogen and oxygen atoms in total. The van der Waals surface area contributed by atoms with Crippen LogP contribution in [0.15, 0.2) is 170 Å². The van der Waals surface area contributed by atoms with E-state index in [0.29, 0.717) is 70.7 Å². The molecule has 8 aromatic rings. The number of aromatic nitrogens is 9. The van der Waals surface area contributed by atoms with Gasteiger partial charge in [0.05, 0.1) is 66.0 Å². The molecule has 0 amide bonds. The van der Waals surface area contributed by atoms with Gasteiger partial charge in [-0.2, -0.15) is 15.4 Å². The SMILES string of the molecule is C#CC[C@H](C)C(=O)O.C#CC[C@H](C)C(=O)OCc1ccccc1.CC.CO.C[C@@H](Cc1cn(Cc2ccccc2)nn1)C(=O)OCc1ccccc1.C[C@@H](Cc1cn(Cc2ccccc2)nn1)C(=O)OCc1ccccc1.C[C@@H](Cc1cn[nH]n1)C(=O)O.OC1CCCO1. The van der Waals surface area contributed by atoms with Gasteiger partial charge in [0.25, 0.3) is 0 Å². The third kappa shape index (κ3) is 35.5. The van der Waals surface area contributed by atoms with E-state index in [2.05, 4.69) is 47.9 Å². The number of H-pyrrole nitrogens is 1. The Kier molecular flexibility index (Phi) is 41.4. The van der Waals surface area contributed by atoms with Crippen LogP contribution < -0.4 is 0 Å². The molecular formula is C72H91N9O13. The largest absolute Gasteiger partial charge is 0.481 e. The van der Waals surface area contributed by atoms with Gasteiger partial charge in [-0.05, 0) is 34.2 Å².